The molecule has 4 heterocycles. The molecule has 3 aliphatic heterocycles. The lowest BCUT2D eigenvalue weighted by molar-refractivity contribution is 0.0376. The number of phenolic OH excluding ortho intramolecular Hbond substituents is 1. The van der Waals surface area contributed by atoms with E-state index in [0.29, 0.717) is 41.6 Å². The summed E-state index contributed by atoms with van der Waals surface area (Å²) in [6.45, 7) is 1.50. The van der Waals surface area contributed by atoms with Crippen molar-refractivity contribution >= 4 is 39.1 Å². The van der Waals surface area contributed by atoms with Crippen molar-refractivity contribution in [2.45, 2.75) is 68.2 Å². The number of aromatic hydroxyl groups is 1. The van der Waals surface area contributed by atoms with Crippen LogP contribution in [0.3, 0.4) is 0 Å². The zero-order valence-electron chi connectivity index (χ0n) is 23.5. The Hall–Kier alpha value is -3.20. The Labute approximate surface area is 248 Å². The zero-order chi connectivity index (χ0) is 28.3. The third-order valence-corrected chi connectivity index (χ3v) is 11.4. The quantitative estimate of drug-likeness (QED) is 0.302. The highest BCUT2D eigenvalue weighted by atomic mass is 35.5. The number of hydrogen-bond acceptors (Lipinski definition) is 7. The van der Waals surface area contributed by atoms with Gasteiger partial charge in [0.1, 0.15) is 23.7 Å². The van der Waals surface area contributed by atoms with E-state index in [1.54, 1.807) is 12.1 Å². The minimum Gasteiger partial charge on any atom is -0.508 e. The number of rotatable bonds is 5. The zero-order valence-corrected chi connectivity index (χ0v) is 24.2. The van der Waals surface area contributed by atoms with Crippen LogP contribution >= 0.6 is 11.6 Å². The average Bonchev–Trinajstić information content (AvgIpc) is 3.46. The third kappa shape index (κ3) is 3.34. The summed E-state index contributed by atoms with van der Waals surface area (Å²) in [4.78, 5) is 14.4. The summed E-state index contributed by atoms with van der Waals surface area (Å²) in [5.74, 6) is 0.841. The summed E-state index contributed by atoms with van der Waals surface area (Å²) in [5.41, 5.74) is 1.11. The van der Waals surface area contributed by atoms with Gasteiger partial charge >= 0.3 is 6.01 Å². The number of nitrogens with one attached hydrogen (secondary N) is 1. The molecule has 216 valence electrons. The van der Waals surface area contributed by atoms with Crippen molar-refractivity contribution in [3.8, 4) is 22.9 Å². The highest BCUT2D eigenvalue weighted by molar-refractivity contribution is 6.35. The third-order valence-electron chi connectivity index (χ3n) is 11.1. The van der Waals surface area contributed by atoms with Crippen LogP contribution in [0, 0.1) is 11.7 Å². The van der Waals surface area contributed by atoms with Crippen molar-refractivity contribution in [2.75, 3.05) is 25.1 Å². The maximum Gasteiger partial charge on any atom is 0.319 e. The summed E-state index contributed by atoms with van der Waals surface area (Å²) in [6.07, 6.45) is 6.88. The van der Waals surface area contributed by atoms with Gasteiger partial charge < -0.3 is 25.0 Å². The Morgan fingerprint density at radius 3 is 2.76 bits per heavy atom. The van der Waals surface area contributed by atoms with Gasteiger partial charge in [-0.15, -0.1) is 0 Å². The fourth-order valence-corrected chi connectivity index (χ4v) is 9.05. The second-order valence-electron chi connectivity index (χ2n) is 13.0. The van der Waals surface area contributed by atoms with Gasteiger partial charge in [0.25, 0.3) is 0 Å². The molecule has 7 nitrogen and oxygen atoms in total. The molecule has 42 heavy (non-hydrogen) atoms. The van der Waals surface area contributed by atoms with Gasteiger partial charge in [0.15, 0.2) is 5.82 Å². The fourth-order valence-electron chi connectivity index (χ4n) is 8.76. The number of piperidine rings is 1. The Morgan fingerprint density at radius 1 is 1.12 bits per heavy atom. The first kappa shape index (κ1) is 25.3. The van der Waals surface area contributed by atoms with Crippen LogP contribution in [0.2, 0.25) is 5.02 Å². The van der Waals surface area contributed by atoms with Crippen molar-refractivity contribution in [1.29, 1.82) is 0 Å². The van der Waals surface area contributed by atoms with E-state index in [9.17, 15) is 5.11 Å². The predicted octanol–water partition coefficient (Wildman–Crippen LogP) is 5.89. The second kappa shape index (κ2) is 8.91. The van der Waals surface area contributed by atoms with Crippen molar-refractivity contribution in [3.63, 3.8) is 0 Å². The molecule has 2 N–H and O–H groups in total. The number of ether oxygens (including phenoxy) is 1. The fraction of sp³-hybridized carbons (Fsp3) is 0.455. The number of aromatic nitrogens is 2. The standard InChI is InChI=1S/C33H33ClFN5O2/c1-39-12-4-6-18(39)16-42-32-36-29-23(31(37-32)40-26-10-11-33(26)30(40)21-8-9-25(21)38-33)15-24(34)27(28(29)35)22-14-19(41)13-17-5-2-3-7-20(17)22/h2-3,5,7,13-15,18,21,25-26,30,38,41H,4,6,8-12,16H2,1H3/t18-,21?,25?,26?,30?,33?/m0/s1. The Balaban J connectivity index is 1.22. The van der Waals surface area contributed by atoms with E-state index >= 15 is 4.39 Å². The molecule has 1 aromatic heterocycles. The maximum absolute atomic E-state index is 16.9. The number of nitrogens with zero attached hydrogens (tertiary/aromatic N) is 4. The number of fused-ring (bicyclic) bond motifs is 4. The van der Waals surface area contributed by atoms with Crippen LogP contribution in [0.1, 0.15) is 38.5 Å². The molecule has 6 atom stereocenters. The second-order valence-corrected chi connectivity index (χ2v) is 13.4. The van der Waals surface area contributed by atoms with Crippen LogP contribution in [0.5, 0.6) is 11.8 Å². The summed E-state index contributed by atoms with van der Waals surface area (Å²) in [7, 11) is 2.11. The molecule has 9 heteroatoms. The molecule has 0 radical (unpaired) electrons. The van der Waals surface area contributed by atoms with E-state index in [-0.39, 0.29) is 39.4 Å². The molecule has 5 aliphatic rings. The summed E-state index contributed by atoms with van der Waals surface area (Å²) in [5, 5.41) is 17.0. The number of halogens is 2. The van der Waals surface area contributed by atoms with Gasteiger partial charge in [-0.3, -0.25) is 0 Å². The number of benzene rings is 3. The van der Waals surface area contributed by atoms with E-state index in [2.05, 4.69) is 22.2 Å². The van der Waals surface area contributed by atoms with Gasteiger partial charge in [-0.2, -0.15) is 9.97 Å². The number of likely N-dealkylation sites (tertiary alicyclic amines) is 1. The average molecular weight is 586 g/mol. The number of phenols is 1. The van der Waals surface area contributed by atoms with Gasteiger partial charge in [-0.1, -0.05) is 35.9 Å². The van der Waals surface area contributed by atoms with E-state index in [4.69, 9.17) is 26.3 Å². The van der Waals surface area contributed by atoms with Crippen LogP contribution in [0.4, 0.5) is 10.2 Å². The molecule has 1 spiro atoms. The lowest BCUT2D eigenvalue weighted by atomic mass is 9.56. The Bertz CT molecular complexity index is 1790. The highest BCUT2D eigenvalue weighted by Crippen LogP contribution is 2.63. The maximum atomic E-state index is 16.9. The summed E-state index contributed by atoms with van der Waals surface area (Å²) >= 11 is 6.94. The molecule has 3 aromatic carbocycles. The van der Waals surface area contributed by atoms with Gasteiger partial charge in [0, 0.05) is 23.0 Å². The van der Waals surface area contributed by atoms with Crippen LogP contribution in [-0.4, -0.2) is 69.9 Å². The lowest BCUT2D eigenvalue weighted by Crippen LogP contribution is -2.84. The van der Waals surface area contributed by atoms with Crippen LogP contribution in [0.25, 0.3) is 32.8 Å². The van der Waals surface area contributed by atoms with Gasteiger partial charge in [-0.05, 0) is 92.6 Å². The molecular weight excluding hydrogens is 553 g/mol. The van der Waals surface area contributed by atoms with E-state index in [1.165, 1.54) is 19.3 Å². The summed E-state index contributed by atoms with van der Waals surface area (Å²) in [6, 6.07) is 14.4. The van der Waals surface area contributed by atoms with E-state index in [1.807, 2.05) is 30.3 Å². The van der Waals surface area contributed by atoms with Crippen LogP contribution in [-0.2, 0) is 0 Å². The predicted molar refractivity (Wildman–Crippen MR) is 162 cm³/mol. The minimum absolute atomic E-state index is 0.0537. The van der Waals surface area contributed by atoms with Crippen molar-refractivity contribution in [2.24, 2.45) is 5.92 Å². The number of anilines is 1. The molecule has 3 saturated heterocycles. The normalized spacial score (nSPS) is 31.3. The Morgan fingerprint density at radius 2 is 2.00 bits per heavy atom. The van der Waals surface area contributed by atoms with Gasteiger partial charge in [0.05, 0.1) is 22.6 Å². The van der Waals surface area contributed by atoms with E-state index in [0.717, 1.165) is 42.4 Å². The first-order valence-corrected chi connectivity index (χ1v) is 15.6. The smallest absolute Gasteiger partial charge is 0.319 e. The minimum atomic E-state index is -0.522. The van der Waals surface area contributed by atoms with Gasteiger partial charge in [0.2, 0.25) is 0 Å². The molecule has 2 aliphatic carbocycles. The van der Waals surface area contributed by atoms with Crippen molar-refractivity contribution in [3.05, 3.63) is 53.3 Å². The van der Waals surface area contributed by atoms with E-state index < -0.39 is 5.82 Å². The molecule has 5 fully saturated rings. The SMILES string of the molecule is CN1CCC[C@H]1COc1nc(N2C3CCC34NC3CCC3C24)c2cc(Cl)c(-c3cc(O)cc4ccccc34)c(F)c2n1. The molecule has 4 aromatic rings. The number of hydrogen-bond donors (Lipinski definition) is 2. The first-order chi connectivity index (χ1) is 20.4. The Kier molecular flexibility index (Phi) is 5.37. The number of likely N-dealkylation sites (N-methyl/N-ethyl adjacent to an activating group) is 1. The van der Waals surface area contributed by atoms with Gasteiger partial charge in [-0.25, -0.2) is 4.39 Å². The van der Waals surface area contributed by atoms with Crippen molar-refractivity contribution in [1.82, 2.24) is 20.2 Å². The molecule has 9 rings (SSSR count). The van der Waals surface area contributed by atoms with Crippen LogP contribution in [0.15, 0.2) is 42.5 Å². The highest BCUT2D eigenvalue weighted by Gasteiger charge is 2.74. The molecule has 0 bridgehead atoms. The molecule has 0 amide bonds. The lowest BCUT2D eigenvalue weighted by Gasteiger charge is -2.69. The molecule has 2 saturated carbocycles. The van der Waals surface area contributed by atoms with Crippen molar-refractivity contribution < 1.29 is 14.2 Å². The first-order valence-electron chi connectivity index (χ1n) is 15.2. The molecular formula is C33H33ClFN5O2. The molecule has 5 unspecified atom stereocenters. The van der Waals surface area contributed by atoms with Crippen LogP contribution < -0.4 is 15.0 Å². The summed E-state index contributed by atoms with van der Waals surface area (Å²) < 4.78 is 23.1. The topological polar surface area (TPSA) is 73.8 Å². The largest absolute Gasteiger partial charge is 0.508 e. The monoisotopic (exact) mass is 585 g/mol.